The number of aliphatic hydroxyl groups is 1. The first kappa shape index (κ1) is 16.5. The number of aromatic nitrogens is 2. The summed E-state index contributed by atoms with van der Waals surface area (Å²) in [5.74, 6) is 1.08. The SMILES string of the molecule is CO[C@@H]1C[C@H](C(=O)NCC2(Cn3ccnc3C)CC2)CC[C@@H]1O. The number of amides is 1. The van der Waals surface area contributed by atoms with E-state index in [2.05, 4.69) is 14.9 Å². The van der Waals surface area contributed by atoms with Gasteiger partial charge in [0.2, 0.25) is 5.91 Å². The van der Waals surface area contributed by atoms with Crippen LogP contribution in [0.4, 0.5) is 0 Å². The normalized spacial score (nSPS) is 29.3. The Morgan fingerprint density at radius 1 is 1.52 bits per heavy atom. The summed E-state index contributed by atoms with van der Waals surface area (Å²) in [7, 11) is 1.60. The van der Waals surface area contributed by atoms with Crippen LogP contribution in [0.25, 0.3) is 0 Å². The van der Waals surface area contributed by atoms with Gasteiger partial charge in [0.1, 0.15) is 5.82 Å². The predicted octanol–water partition coefficient (Wildman–Crippen LogP) is 1.26. The van der Waals surface area contributed by atoms with Crippen LogP contribution in [0.5, 0.6) is 0 Å². The van der Waals surface area contributed by atoms with Crippen LogP contribution in [-0.2, 0) is 16.1 Å². The first-order valence-electron chi connectivity index (χ1n) is 8.49. The smallest absolute Gasteiger partial charge is 0.223 e. The molecule has 6 nitrogen and oxygen atoms in total. The molecular weight excluding hydrogens is 294 g/mol. The number of aryl methyl sites for hydroxylation is 1. The Hall–Kier alpha value is -1.40. The van der Waals surface area contributed by atoms with Crippen LogP contribution in [0.1, 0.15) is 37.9 Å². The van der Waals surface area contributed by atoms with Crippen molar-refractivity contribution in [2.45, 2.75) is 57.8 Å². The number of rotatable bonds is 6. The molecule has 2 saturated carbocycles. The molecule has 2 aliphatic rings. The van der Waals surface area contributed by atoms with Gasteiger partial charge in [-0.1, -0.05) is 0 Å². The third kappa shape index (κ3) is 3.75. The second-order valence-electron chi connectivity index (χ2n) is 7.17. The van der Waals surface area contributed by atoms with Crippen molar-refractivity contribution in [3.63, 3.8) is 0 Å². The van der Waals surface area contributed by atoms with E-state index in [0.717, 1.165) is 38.2 Å². The summed E-state index contributed by atoms with van der Waals surface area (Å²) < 4.78 is 7.45. The lowest BCUT2D eigenvalue weighted by Gasteiger charge is -2.32. The molecule has 1 aromatic heterocycles. The maximum Gasteiger partial charge on any atom is 0.223 e. The molecule has 23 heavy (non-hydrogen) atoms. The Morgan fingerprint density at radius 2 is 2.30 bits per heavy atom. The average molecular weight is 321 g/mol. The molecule has 3 rings (SSSR count). The Balaban J connectivity index is 1.50. The van der Waals surface area contributed by atoms with Crippen molar-refractivity contribution in [1.82, 2.24) is 14.9 Å². The van der Waals surface area contributed by atoms with Crippen LogP contribution >= 0.6 is 0 Å². The van der Waals surface area contributed by atoms with E-state index < -0.39 is 6.10 Å². The van der Waals surface area contributed by atoms with Crippen molar-refractivity contribution in [3.05, 3.63) is 18.2 Å². The highest BCUT2D eigenvalue weighted by Crippen LogP contribution is 2.46. The van der Waals surface area contributed by atoms with Gasteiger partial charge in [-0.2, -0.15) is 0 Å². The third-order valence-electron chi connectivity index (χ3n) is 5.45. The second kappa shape index (κ2) is 6.61. The lowest BCUT2D eigenvalue weighted by molar-refractivity contribution is -0.130. The number of ether oxygens (including phenoxy) is 1. The highest BCUT2D eigenvalue weighted by atomic mass is 16.5. The summed E-state index contributed by atoms with van der Waals surface area (Å²) in [5.41, 5.74) is 0.190. The number of hydrogen-bond donors (Lipinski definition) is 2. The first-order valence-corrected chi connectivity index (χ1v) is 8.49. The lowest BCUT2D eigenvalue weighted by atomic mass is 9.84. The fraction of sp³-hybridized carbons (Fsp3) is 0.765. The number of nitrogens with one attached hydrogen (secondary N) is 1. The van der Waals surface area contributed by atoms with E-state index >= 15 is 0 Å². The largest absolute Gasteiger partial charge is 0.390 e. The van der Waals surface area contributed by atoms with Crippen LogP contribution in [-0.4, -0.2) is 46.4 Å². The Labute approximate surface area is 137 Å². The zero-order chi connectivity index (χ0) is 16.4. The molecule has 2 N–H and O–H groups in total. The molecule has 2 fully saturated rings. The monoisotopic (exact) mass is 321 g/mol. The van der Waals surface area contributed by atoms with Crippen LogP contribution < -0.4 is 5.32 Å². The van der Waals surface area contributed by atoms with Crippen LogP contribution in [0.2, 0.25) is 0 Å². The fourth-order valence-electron chi connectivity index (χ4n) is 3.52. The number of carbonyl (C=O) groups excluding carboxylic acids is 1. The quantitative estimate of drug-likeness (QED) is 0.827. The Morgan fingerprint density at radius 3 is 2.91 bits per heavy atom. The minimum atomic E-state index is -0.442. The molecule has 3 atom stereocenters. The van der Waals surface area contributed by atoms with E-state index in [9.17, 15) is 9.90 Å². The molecule has 0 spiro atoms. The standard InChI is InChI=1S/C17H27N3O3/c1-12-18-7-8-20(12)11-17(5-6-17)10-19-16(22)13-3-4-14(21)15(9-13)23-2/h7-8,13-15,21H,3-6,9-11H2,1-2H3,(H,19,22)/t13-,14+,15-/m1/s1. The van der Waals surface area contributed by atoms with Gasteiger partial charge in [-0.15, -0.1) is 0 Å². The molecule has 0 unspecified atom stereocenters. The molecule has 0 aromatic carbocycles. The van der Waals surface area contributed by atoms with Crippen LogP contribution in [0.15, 0.2) is 12.4 Å². The minimum absolute atomic E-state index is 0.0471. The summed E-state index contributed by atoms with van der Waals surface area (Å²) >= 11 is 0. The van der Waals surface area contributed by atoms with E-state index in [4.69, 9.17) is 4.74 Å². The lowest BCUT2D eigenvalue weighted by Crippen LogP contribution is -2.43. The van der Waals surface area contributed by atoms with Gasteiger partial charge in [0.15, 0.2) is 0 Å². The predicted molar refractivity (Wildman–Crippen MR) is 85.8 cm³/mol. The molecule has 0 radical (unpaired) electrons. The molecule has 128 valence electrons. The number of nitrogens with zero attached hydrogens (tertiary/aromatic N) is 2. The molecule has 0 aliphatic heterocycles. The van der Waals surface area contributed by atoms with E-state index in [1.54, 1.807) is 7.11 Å². The Kier molecular flexibility index (Phi) is 4.73. The summed E-state index contributed by atoms with van der Waals surface area (Å²) in [6, 6.07) is 0. The summed E-state index contributed by atoms with van der Waals surface area (Å²) in [5, 5.41) is 13.0. The molecule has 2 aliphatic carbocycles. The number of imidazole rings is 1. The van der Waals surface area contributed by atoms with Gasteiger partial charge in [-0.25, -0.2) is 4.98 Å². The van der Waals surface area contributed by atoms with Crippen molar-refractivity contribution >= 4 is 5.91 Å². The number of hydrogen-bond acceptors (Lipinski definition) is 4. The van der Waals surface area contributed by atoms with Crippen LogP contribution in [0.3, 0.4) is 0 Å². The molecular formula is C17H27N3O3. The van der Waals surface area contributed by atoms with E-state index in [1.807, 2.05) is 19.3 Å². The van der Waals surface area contributed by atoms with Crippen molar-refractivity contribution in [3.8, 4) is 0 Å². The summed E-state index contributed by atoms with van der Waals surface area (Å²) in [4.78, 5) is 16.7. The van der Waals surface area contributed by atoms with E-state index in [-0.39, 0.29) is 23.3 Å². The number of carbonyl (C=O) groups is 1. The number of methoxy groups -OCH3 is 1. The van der Waals surface area contributed by atoms with Crippen molar-refractivity contribution in [1.29, 1.82) is 0 Å². The molecule has 0 bridgehead atoms. The van der Waals surface area contributed by atoms with Gasteiger partial charge < -0.3 is 19.7 Å². The van der Waals surface area contributed by atoms with Crippen molar-refractivity contribution in [2.75, 3.05) is 13.7 Å². The van der Waals surface area contributed by atoms with Gasteiger partial charge in [0, 0.05) is 43.9 Å². The maximum absolute atomic E-state index is 12.4. The summed E-state index contributed by atoms with van der Waals surface area (Å²) in [6.07, 6.45) is 7.44. The second-order valence-corrected chi connectivity index (χ2v) is 7.17. The minimum Gasteiger partial charge on any atom is -0.390 e. The first-order chi connectivity index (χ1) is 11.0. The molecule has 6 heteroatoms. The van der Waals surface area contributed by atoms with Gasteiger partial charge in [0.05, 0.1) is 12.2 Å². The van der Waals surface area contributed by atoms with Crippen molar-refractivity contribution in [2.24, 2.45) is 11.3 Å². The van der Waals surface area contributed by atoms with E-state index in [1.165, 1.54) is 0 Å². The summed E-state index contributed by atoms with van der Waals surface area (Å²) in [6.45, 7) is 3.65. The van der Waals surface area contributed by atoms with Gasteiger partial charge >= 0.3 is 0 Å². The van der Waals surface area contributed by atoms with Gasteiger partial charge in [-0.3, -0.25) is 4.79 Å². The zero-order valence-corrected chi connectivity index (χ0v) is 14.0. The Bertz CT molecular complexity index is 553. The fourth-order valence-corrected chi connectivity index (χ4v) is 3.52. The van der Waals surface area contributed by atoms with E-state index in [0.29, 0.717) is 12.8 Å². The van der Waals surface area contributed by atoms with Crippen LogP contribution in [0, 0.1) is 18.3 Å². The van der Waals surface area contributed by atoms with Crippen molar-refractivity contribution < 1.29 is 14.6 Å². The molecule has 1 aromatic rings. The number of aliphatic hydroxyl groups excluding tert-OH is 1. The molecule has 1 amide bonds. The highest BCUT2D eigenvalue weighted by Gasteiger charge is 2.44. The zero-order valence-electron chi connectivity index (χ0n) is 14.0. The average Bonchev–Trinajstić information content (AvgIpc) is 3.21. The highest BCUT2D eigenvalue weighted by molar-refractivity contribution is 5.78. The molecule has 0 saturated heterocycles. The van der Waals surface area contributed by atoms with Gasteiger partial charge in [-0.05, 0) is 39.0 Å². The topological polar surface area (TPSA) is 76.4 Å². The molecule has 1 heterocycles. The maximum atomic E-state index is 12.4. The van der Waals surface area contributed by atoms with Gasteiger partial charge in [0.25, 0.3) is 0 Å². The third-order valence-corrected chi connectivity index (χ3v) is 5.45.